The van der Waals surface area contributed by atoms with Gasteiger partial charge in [-0.25, -0.2) is 0 Å². The highest BCUT2D eigenvalue weighted by Gasteiger charge is 2.39. The van der Waals surface area contributed by atoms with Gasteiger partial charge in [0.2, 0.25) is 11.8 Å². The number of likely N-dealkylation sites (tertiary alicyclic amines) is 1. The van der Waals surface area contributed by atoms with Crippen LogP contribution in [0, 0.1) is 5.92 Å². The maximum atomic E-state index is 12.9. The van der Waals surface area contributed by atoms with E-state index in [0.29, 0.717) is 28.7 Å². The minimum absolute atomic E-state index is 0.0588. The van der Waals surface area contributed by atoms with Crippen molar-refractivity contribution in [2.45, 2.75) is 38.0 Å². The number of carbonyl (C=O) groups is 2. The van der Waals surface area contributed by atoms with E-state index >= 15 is 0 Å². The smallest absolute Gasteiger partial charge is 0.338 e. The van der Waals surface area contributed by atoms with Gasteiger partial charge in [-0.1, -0.05) is 23.2 Å². The Hall–Kier alpha value is -2.37. The van der Waals surface area contributed by atoms with E-state index in [1.54, 1.807) is 19.1 Å². The van der Waals surface area contributed by atoms with E-state index < -0.39 is 36.5 Å². The molecule has 2 heterocycles. The lowest BCUT2D eigenvalue weighted by Gasteiger charge is -2.26. The Kier molecular flexibility index (Phi) is 7.63. The van der Waals surface area contributed by atoms with E-state index in [9.17, 15) is 22.8 Å². The number of carbonyl (C=O) groups excluding carboxylic acids is 2. The summed E-state index contributed by atoms with van der Waals surface area (Å²) in [5.41, 5.74) is 0.536. The lowest BCUT2D eigenvalue weighted by Crippen LogP contribution is -2.44. The van der Waals surface area contributed by atoms with E-state index in [2.05, 4.69) is 26.0 Å². The van der Waals surface area contributed by atoms with Crippen molar-refractivity contribution in [1.82, 2.24) is 25.6 Å². The summed E-state index contributed by atoms with van der Waals surface area (Å²) in [6.45, 7) is 1.71. The second-order valence-corrected chi connectivity index (χ2v) is 8.30. The van der Waals surface area contributed by atoms with Gasteiger partial charge in [0.1, 0.15) is 0 Å². The van der Waals surface area contributed by atoms with Crippen LogP contribution in [0.1, 0.15) is 31.5 Å². The molecule has 3 N–H and O–H groups in total. The topological polar surface area (TPSA) is 103 Å². The van der Waals surface area contributed by atoms with Crippen LogP contribution in [0.5, 0.6) is 0 Å². The molecule has 8 nitrogen and oxygen atoms in total. The quantitative estimate of drug-likeness (QED) is 0.548. The highest BCUT2D eigenvalue weighted by atomic mass is 35.5. The fourth-order valence-corrected chi connectivity index (χ4v) is 3.95. The van der Waals surface area contributed by atoms with Crippen molar-refractivity contribution < 1.29 is 22.8 Å². The van der Waals surface area contributed by atoms with Gasteiger partial charge in [0, 0.05) is 18.3 Å². The summed E-state index contributed by atoms with van der Waals surface area (Å²) in [5.74, 6) is -1.16. The second kappa shape index (κ2) is 10.1. The van der Waals surface area contributed by atoms with Gasteiger partial charge in [-0.15, -0.1) is 0 Å². The summed E-state index contributed by atoms with van der Waals surface area (Å²) >= 11 is 11.8. The molecule has 1 saturated heterocycles. The molecule has 2 amide bonds. The maximum Gasteiger partial charge on any atom is 0.390 e. The summed E-state index contributed by atoms with van der Waals surface area (Å²) < 4.78 is 38.7. The van der Waals surface area contributed by atoms with Gasteiger partial charge in [0.05, 0.1) is 46.9 Å². The normalized spacial score (nSPS) is 19.8. The molecule has 1 aromatic carbocycles. The van der Waals surface area contributed by atoms with E-state index in [0.717, 1.165) is 0 Å². The van der Waals surface area contributed by atoms with Gasteiger partial charge in [0.25, 0.3) is 0 Å². The van der Waals surface area contributed by atoms with Gasteiger partial charge >= 0.3 is 6.18 Å². The SMILES string of the molecule is C[C@H]1[C@@H](C(=O)Nc2ccc(Cl)c(Cl)c2)CCN1C(=O)CN[C@@H](CC(F)(F)F)c1cn[nH]n1. The van der Waals surface area contributed by atoms with Gasteiger partial charge in [-0.2, -0.15) is 28.6 Å². The summed E-state index contributed by atoms with van der Waals surface area (Å²) in [6.07, 6.45) is -4.05. The molecule has 0 spiro atoms. The summed E-state index contributed by atoms with van der Waals surface area (Å²) in [4.78, 5) is 26.8. The number of amides is 2. The molecule has 0 aliphatic carbocycles. The Bertz CT molecular complexity index is 957. The monoisotopic (exact) mass is 492 g/mol. The molecule has 1 aromatic heterocycles. The highest BCUT2D eigenvalue weighted by molar-refractivity contribution is 6.42. The first-order chi connectivity index (χ1) is 15.0. The number of anilines is 1. The third kappa shape index (κ3) is 6.11. The number of nitrogens with zero attached hydrogens (tertiary/aromatic N) is 3. The molecule has 0 unspecified atom stereocenters. The number of aromatic amines is 1. The molecule has 13 heteroatoms. The van der Waals surface area contributed by atoms with Crippen molar-refractivity contribution >= 4 is 40.7 Å². The van der Waals surface area contributed by atoms with Crippen molar-refractivity contribution in [3.63, 3.8) is 0 Å². The molecule has 3 rings (SSSR count). The molecular weight excluding hydrogens is 472 g/mol. The minimum atomic E-state index is -4.45. The zero-order valence-electron chi connectivity index (χ0n) is 16.9. The van der Waals surface area contributed by atoms with Gasteiger partial charge in [-0.3, -0.25) is 14.9 Å². The number of hydrogen-bond donors (Lipinski definition) is 3. The molecule has 32 heavy (non-hydrogen) atoms. The number of alkyl halides is 3. The van der Waals surface area contributed by atoms with Crippen LogP contribution in [0.3, 0.4) is 0 Å². The number of benzene rings is 1. The molecule has 1 aliphatic rings. The molecule has 2 aromatic rings. The van der Waals surface area contributed by atoms with E-state index in [-0.39, 0.29) is 18.1 Å². The van der Waals surface area contributed by atoms with Crippen LogP contribution in [0.4, 0.5) is 18.9 Å². The third-order valence-electron chi connectivity index (χ3n) is 5.33. The van der Waals surface area contributed by atoms with Crippen LogP contribution < -0.4 is 10.6 Å². The standard InChI is InChI=1S/C19H21Cl2F3N6O2/c1-10-12(18(32)27-11-2-3-13(20)14(21)6-11)4-5-30(10)17(31)9-25-15(7-19(22,23)24)16-8-26-29-28-16/h2-3,6,8,10,12,15,25H,4-5,7,9H2,1H3,(H,27,32)(H,26,28,29)/t10-,12-,15-/m0/s1. The van der Waals surface area contributed by atoms with E-state index in [1.165, 1.54) is 17.2 Å². The van der Waals surface area contributed by atoms with Crippen molar-refractivity contribution in [3.05, 3.63) is 40.1 Å². The van der Waals surface area contributed by atoms with Crippen molar-refractivity contribution in [2.24, 2.45) is 5.92 Å². The molecule has 3 atom stereocenters. The van der Waals surface area contributed by atoms with Crippen LogP contribution in [0.15, 0.2) is 24.4 Å². The van der Waals surface area contributed by atoms with Crippen molar-refractivity contribution in [1.29, 1.82) is 0 Å². The number of H-pyrrole nitrogens is 1. The Labute approximate surface area is 191 Å². The van der Waals surface area contributed by atoms with Crippen molar-refractivity contribution in [3.8, 4) is 0 Å². The Morgan fingerprint density at radius 1 is 1.31 bits per heavy atom. The Balaban J connectivity index is 1.58. The Morgan fingerprint density at radius 2 is 2.06 bits per heavy atom. The van der Waals surface area contributed by atoms with Crippen LogP contribution >= 0.6 is 23.2 Å². The first-order valence-corrected chi connectivity index (χ1v) is 10.5. The first-order valence-electron chi connectivity index (χ1n) is 9.76. The number of rotatable bonds is 7. The molecule has 1 fully saturated rings. The number of aromatic nitrogens is 3. The highest BCUT2D eigenvalue weighted by Crippen LogP contribution is 2.30. The molecule has 0 radical (unpaired) electrons. The summed E-state index contributed by atoms with van der Waals surface area (Å²) in [6, 6.07) is 3.05. The van der Waals surface area contributed by atoms with Crippen LogP contribution in [-0.4, -0.2) is 57.4 Å². The molecule has 1 aliphatic heterocycles. The fourth-order valence-electron chi connectivity index (χ4n) is 3.65. The molecule has 0 bridgehead atoms. The lowest BCUT2D eigenvalue weighted by atomic mass is 10.0. The maximum absolute atomic E-state index is 12.9. The van der Waals surface area contributed by atoms with Crippen LogP contribution in [0.25, 0.3) is 0 Å². The predicted molar refractivity (Wildman–Crippen MR) is 112 cm³/mol. The molecular formula is C19H21Cl2F3N6O2. The average Bonchev–Trinajstić information content (AvgIpc) is 3.37. The first kappa shape index (κ1) is 24.3. The third-order valence-corrected chi connectivity index (χ3v) is 6.06. The average molecular weight is 493 g/mol. The van der Waals surface area contributed by atoms with Gasteiger partial charge < -0.3 is 10.2 Å². The molecule has 174 valence electrons. The van der Waals surface area contributed by atoms with Crippen LogP contribution in [-0.2, 0) is 9.59 Å². The minimum Gasteiger partial charge on any atom is -0.338 e. The van der Waals surface area contributed by atoms with Crippen molar-refractivity contribution in [2.75, 3.05) is 18.4 Å². The zero-order chi connectivity index (χ0) is 23.5. The predicted octanol–water partition coefficient (Wildman–Crippen LogP) is 3.57. The number of halogens is 5. The molecule has 0 saturated carbocycles. The fraction of sp³-hybridized carbons (Fsp3) is 0.474. The van der Waals surface area contributed by atoms with E-state index in [1.807, 2.05) is 0 Å². The number of hydrogen-bond acceptors (Lipinski definition) is 5. The largest absolute Gasteiger partial charge is 0.390 e. The number of nitrogens with one attached hydrogen (secondary N) is 3. The Morgan fingerprint density at radius 3 is 2.69 bits per heavy atom. The summed E-state index contributed by atoms with van der Waals surface area (Å²) in [7, 11) is 0. The zero-order valence-corrected chi connectivity index (χ0v) is 18.4. The van der Waals surface area contributed by atoms with Crippen LogP contribution in [0.2, 0.25) is 10.0 Å². The lowest BCUT2D eigenvalue weighted by molar-refractivity contribution is -0.143. The van der Waals surface area contributed by atoms with E-state index in [4.69, 9.17) is 23.2 Å². The second-order valence-electron chi connectivity index (χ2n) is 7.49. The van der Waals surface area contributed by atoms with Gasteiger partial charge in [-0.05, 0) is 31.5 Å². The summed E-state index contributed by atoms with van der Waals surface area (Å²) in [5, 5.41) is 15.5. The van der Waals surface area contributed by atoms with Gasteiger partial charge in [0.15, 0.2) is 0 Å².